The number of nitrogens with one attached hydrogen (secondary N) is 1. The Balaban J connectivity index is 2.13. The van der Waals surface area contributed by atoms with Gasteiger partial charge in [0, 0.05) is 13.0 Å². The minimum Gasteiger partial charge on any atom is -0.328 e. The molecule has 0 unspecified atom stereocenters. The van der Waals surface area contributed by atoms with E-state index in [1.54, 1.807) is 0 Å². The second-order valence-corrected chi connectivity index (χ2v) is 4.68. The molecule has 2 rings (SSSR count). The Bertz CT molecular complexity index is 560. The number of ketones is 1. The van der Waals surface area contributed by atoms with Gasteiger partial charge in [0.2, 0.25) is 0 Å². The van der Waals surface area contributed by atoms with Crippen molar-refractivity contribution in [2.45, 2.75) is 32.7 Å². The number of Topliss-reactive ketones (excluding diaryl/α,β-unsaturated/α-hetero) is 1. The molecule has 102 valence electrons. The summed E-state index contributed by atoms with van der Waals surface area (Å²) in [5.74, 6) is 1.15. The van der Waals surface area contributed by atoms with Gasteiger partial charge >= 0.3 is 0 Å². The lowest BCUT2D eigenvalue weighted by atomic mass is 10.1. The van der Waals surface area contributed by atoms with Crippen molar-refractivity contribution < 1.29 is 4.79 Å². The monoisotopic (exact) mass is 259 g/mol. The van der Waals surface area contributed by atoms with Crippen LogP contribution in [-0.4, -0.2) is 28.9 Å². The van der Waals surface area contributed by atoms with Crippen molar-refractivity contribution in [3.63, 3.8) is 0 Å². The fourth-order valence-electron chi connectivity index (χ4n) is 2.34. The topological polar surface area (TPSA) is 46.9 Å². The maximum atomic E-state index is 12.0. The van der Waals surface area contributed by atoms with E-state index in [0.29, 0.717) is 12.8 Å². The van der Waals surface area contributed by atoms with Crippen molar-refractivity contribution in [2.24, 2.45) is 0 Å². The molecular weight excluding hydrogens is 238 g/mol. The van der Waals surface area contributed by atoms with Gasteiger partial charge in [-0.15, -0.1) is 0 Å². The first-order chi connectivity index (χ1) is 9.26. The predicted octanol–water partition coefficient (Wildman–Crippen LogP) is 2.17. The Morgan fingerprint density at radius 2 is 2.16 bits per heavy atom. The molecule has 0 radical (unpaired) electrons. The minimum atomic E-state index is 0.264. The second-order valence-electron chi connectivity index (χ2n) is 4.68. The molecular formula is C15H21N3O. The number of carbonyl (C=O) groups is 1. The molecule has 0 bridgehead atoms. The zero-order valence-corrected chi connectivity index (χ0v) is 11.6. The summed E-state index contributed by atoms with van der Waals surface area (Å²) >= 11 is 0. The van der Waals surface area contributed by atoms with Gasteiger partial charge in [0.1, 0.15) is 11.6 Å². The Labute approximate surface area is 113 Å². The Hall–Kier alpha value is -1.68. The number of aromatic nitrogens is 2. The molecule has 0 aliphatic rings. The van der Waals surface area contributed by atoms with E-state index < -0.39 is 0 Å². The highest BCUT2D eigenvalue weighted by Gasteiger charge is 2.12. The molecule has 1 aromatic heterocycles. The SMILES string of the molecule is CCn1c(CC(=O)CCCNC)nc2ccccc21. The highest BCUT2D eigenvalue weighted by Crippen LogP contribution is 2.16. The lowest BCUT2D eigenvalue weighted by Gasteiger charge is -2.05. The van der Waals surface area contributed by atoms with Crippen LogP contribution in [0.5, 0.6) is 0 Å². The Kier molecular flexibility index (Phi) is 4.68. The van der Waals surface area contributed by atoms with Crippen LogP contribution in [0.15, 0.2) is 24.3 Å². The standard InChI is InChI=1S/C15H21N3O/c1-3-18-14-9-5-4-8-13(14)17-15(18)11-12(19)7-6-10-16-2/h4-5,8-9,16H,3,6-7,10-11H2,1-2H3. The summed E-state index contributed by atoms with van der Waals surface area (Å²) in [5.41, 5.74) is 2.09. The number of benzene rings is 1. The third-order valence-electron chi connectivity index (χ3n) is 3.29. The number of para-hydroxylation sites is 2. The van der Waals surface area contributed by atoms with Crippen LogP contribution in [0.3, 0.4) is 0 Å². The average molecular weight is 259 g/mol. The van der Waals surface area contributed by atoms with Gasteiger partial charge in [0.15, 0.2) is 0 Å². The summed E-state index contributed by atoms with van der Waals surface area (Å²) < 4.78 is 2.13. The molecule has 1 aromatic carbocycles. The van der Waals surface area contributed by atoms with E-state index in [9.17, 15) is 4.79 Å². The van der Waals surface area contributed by atoms with Crippen molar-refractivity contribution in [2.75, 3.05) is 13.6 Å². The third kappa shape index (κ3) is 3.20. The largest absolute Gasteiger partial charge is 0.328 e. The molecule has 0 aliphatic heterocycles. The molecule has 4 nitrogen and oxygen atoms in total. The molecule has 0 saturated heterocycles. The van der Waals surface area contributed by atoms with E-state index in [4.69, 9.17) is 0 Å². The van der Waals surface area contributed by atoms with Gasteiger partial charge < -0.3 is 9.88 Å². The van der Waals surface area contributed by atoms with Crippen LogP contribution in [0.2, 0.25) is 0 Å². The summed E-state index contributed by atoms with van der Waals surface area (Å²) in [4.78, 5) is 16.5. The molecule has 2 aromatic rings. The van der Waals surface area contributed by atoms with Gasteiger partial charge in [-0.25, -0.2) is 4.98 Å². The van der Waals surface area contributed by atoms with Crippen molar-refractivity contribution in [1.82, 2.24) is 14.9 Å². The number of aryl methyl sites for hydroxylation is 1. The van der Waals surface area contributed by atoms with Gasteiger partial charge in [-0.2, -0.15) is 0 Å². The van der Waals surface area contributed by atoms with Crippen LogP contribution in [0.4, 0.5) is 0 Å². The molecule has 19 heavy (non-hydrogen) atoms. The van der Waals surface area contributed by atoms with Crippen LogP contribution in [0, 0.1) is 0 Å². The molecule has 1 heterocycles. The van der Waals surface area contributed by atoms with Crippen LogP contribution in [-0.2, 0) is 17.8 Å². The first kappa shape index (κ1) is 13.7. The fourth-order valence-corrected chi connectivity index (χ4v) is 2.34. The van der Waals surface area contributed by atoms with E-state index in [2.05, 4.69) is 27.9 Å². The number of imidazole rings is 1. The number of carbonyl (C=O) groups excluding carboxylic acids is 1. The lowest BCUT2D eigenvalue weighted by Crippen LogP contribution is -2.13. The van der Waals surface area contributed by atoms with E-state index >= 15 is 0 Å². The number of hydrogen-bond acceptors (Lipinski definition) is 3. The number of hydrogen-bond donors (Lipinski definition) is 1. The van der Waals surface area contributed by atoms with Gasteiger partial charge in [0.05, 0.1) is 17.5 Å². The molecule has 4 heteroatoms. The van der Waals surface area contributed by atoms with Gasteiger partial charge in [-0.3, -0.25) is 4.79 Å². The zero-order chi connectivity index (χ0) is 13.7. The molecule has 1 N–H and O–H groups in total. The van der Waals surface area contributed by atoms with Crippen molar-refractivity contribution in [3.8, 4) is 0 Å². The number of nitrogens with zero attached hydrogens (tertiary/aromatic N) is 2. The van der Waals surface area contributed by atoms with Crippen molar-refractivity contribution in [1.29, 1.82) is 0 Å². The molecule has 0 aliphatic carbocycles. The third-order valence-corrected chi connectivity index (χ3v) is 3.29. The van der Waals surface area contributed by atoms with Gasteiger partial charge in [-0.05, 0) is 39.1 Å². The van der Waals surface area contributed by atoms with Gasteiger partial charge in [-0.1, -0.05) is 12.1 Å². The molecule has 0 amide bonds. The van der Waals surface area contributed by atoms with Crippen LogP contribution >= 0.6 is 0 Å². The van der Waals surface area contributed by atoms with E-state index in [0.717, 1.165) is 36.4 Å². The summed E-state index contributed by atoms with van der Waals surface area (Å²) in [6, 6.07) is 8.04. The Morgan fingerprint density at radius 1 is 1.37 bits per heavy atom. The zero-order valence-electron chi connectivity index (χ0n) is 11.6. The molecule has 0 saturated carbocycles. The fraction of sp³-hybridized carbons (Fsp3) is 0.467. The summed E-state index contributed by atoms with van der Waals surface area (Å²) in [7, 11) is 1.90. The predicted molar refractivity (Wildman–Crippen MR) is 77.3 cm³/mol. The molecule has 0 atom stereocenters. The normalized spacial score (nSPS) is 11.1. The first-order valence-corrected chi connectivity index (χ1v) is 6.86. The van der Waals surface area contributed by atoms with Crippen LogP contribution < -0.4 is 5.32 Å². The lowest BCUT2D eigenvalue weighted by molar-refractivity contribution is -0.118. The summed E-state index contributed by atoms with van der Waals surface area (Å²) in [6.45, 7) is 3.82. The quantitative estimate of drug-likeness (QED) is 0.775. The maximum Gasteiger partial charge on any atom is 0.140 e. The van der Waals surface area contributed by atoms with Crippen LogP contribution in [0.1, 0.15) is 25.6 Å². The maximum absolute atomic E-state index is 12.0. The van der Waals surface area contributed by atoms with Crippen molar-refractivity contribution >= 4 is 16.8 Å². The number of fused-ring (bicyclic) bond motifs is 1. The average Bonchev–Trinajstić information content (AvgIpc) is 2.76. The second kappa shape index (κ2) is 6.48. The smallest absolute Gasteiger partial charge is 0.140 e. The molecule has 0 spiro atoms. The van der Waals surface area contributed by atoms with E-state index in [1.165, 1.54) is 0 Å². The Morgan fingerprint density at radius 3 is 2.89 bits per heavy atom. The van der Waals surface area contributed by atoms with E-state index in [-0.39, 0.29) is 5.78 Å². The van der Waals surface area contributed by atoms with Crippen molar-refractivity contribution in [3.05, 3.63) is 30.1 Å². The van der Waals surface area contributed by atoms with E-state index in [1.807, 2.05) is 25.2 Å². The minimum absolute atomic E-state index is 0.264. The van der Waals surface area contributed by atoms with Gasteiger partial charge in [0.25, 0.3) is 0 Å². The summed E-state index contributed by atoms with van der Waals surface area (Å²) in [5, 5.41) is 3.06. The first-order valence-electron chi connectivity index (χ1n) is 6.86. The highest BCUT2D eigenvalue weighted by atomic mass is 16.1. The highest BCUT2D eigenvalue weighted by molar-refractivity contribution is 5.82. The number of rotatable bonds is 7. The molecule has 0 fully saturated rings. The van der Waals surface area contributed by atoms with Crippen LogP contribution in [0.25, 0.3) is 11.0 Å². The summed E-state index contributed by atoms with van der Waals surface area (Å²) in [6.07, 6.45) is 1.95.